The number of carbonyl (C=O) groups excluding carboxylic acids is 1. The van der Waals surface area contributed by atoms with E-state index in [1.807, 2.05) is 39.0 Å². The highest BCUT2D eigenvalue weighted by Crippen LogP contribution is 2.17. The number of nitrogens with one attached hydrogen (secondary N) is 2. The largest absolute Gasteiger partial charge is 0.323 e. The molecule has 1 saturated heterocycles. The number of nitrogens with zero attached hydrogens (tertiary/aromatic N) is 1. The minimum Gasteiger partial charge on any atom is -0.323 e. The van der Waals surface area contributed by atoms with Crippen molar-refractivity contribution in [1.82, 2.24) is 4.31 Å². The quantitative estimate of drug-likeness (QED) is 0.767. The van der Waals surface area contributed by atoms with Crippen LogP contribution in [0.5, 0.6) is 0 Å². The van der Waals surface area contributed by atoms with E-state index in [2.05, 4.69) is 5.32 Å². The van der Waals surface area contributed by atoms with Crippen LogP contribution in [0.15, 0.2) is 47.4 Å². The van der Waals surface area contributed by atoms with E-state index in [1.54, 1.807) is 0 Å². The van der Waals surface area contributed by atoms with E-state index in [9.17, 15) is 17.6 Å². The third-order valence-electron chi connectivity index (χ3n) is 5.47. The Morgan fingerprint density at radius 3 is 2.34 bits per heavy atom. The van der Waals surface area contributed by atoms with E-state index >= 15 is 0 Å². The van der Waals surface area contributed by atoms with Crippen molar-refractivity contribution in [3.63, 3.8) is 0 Å². The minimum atomic E-state index is -3.65. The second kappa shape index (κ2) is 8.61. The maximum Gasteiger partial charge on any atom is 0.282 e. The standard InChI is InChI=1S/C21H26FN3O3S/c1-15-4-5-16(2)20(14-15)23-21(26)17(3)24-10-12-25(13-11-24)29(27,28)19-8-6-18(22)7-9-19/h4-9,14,17H,10-13H2,1-3H3,(H,23,26)/p+1/t17-/m0/s1. The molecule has 0 saturated carbocycles. The summed E-state index contributed by atoms with van der Waals surface area (Å²) < 4.78 is 40.0. The molecular weight excluding hydrogens is 393 g/mol. The van der Waals surface area contributed by atoms with Gasteiger partial charge in [0.05, 0.1) is 31.1 Å². The first kappa shape index (κ1) is 21.4. The lowest BCUT2D eigenvalue weighted by Crippen LogP contribution is -3.19. The lowest BCUT2D eigenvalue weighted by molar-refractivity contribution is -0.917. The number of amides is 1. The van der Waals surface area contributed by atoms with Crippen LogP contribution in [0.1, 0.15) is 18.1 Å². The molecule has 29 heavy (non-hydrogen) atoms. The first-order valence-electron chi connectivity index (χ1n) is 9.67. The smallest absolute Gasteiger partial charge is 0.282 e. The lowest BCUT2D eigenvalue weighted by atomic mass is 10.1. The molecule has 0 radical (unpaired) electrons. The Hall–Kier alpha value is -2.29. The van der Waals surface area contributed by atoms with Crippen LogP contribution in [0.4, 0.5) is 10.1 Å². The summed E-state index contributed by atoms with van der Waals surface area (Å²) in [4.78, 5) is 13.8. The molecule has 3 rings (SSSR count). The molecule has 0 aliphatic carbocycles. The zero-order valence-corrected chi connectivity index (χ0v) is 17.7. The molecule has 0 unspecified atom stereocenters. The van der Waals surface area contributed by atoms with E-state index in [0.29, 0.717) is 26.2 Å². The Morgan fingerprint density at radius 2 is 1.72 bits per heavy atom. The van der Waals surface area contributed by atoms with Crippen molar-refractivity contribution >= 4 is 21.6 Å². The van der Waals surface area contributed by atoms with Crippen molar-refractivity contribution in [2.45, 2.75) is 31.7 Å². The van der Waals surface area contributed by atoms with Gasteiger partial charge >= 0.3 is 0 Å². The van der Waals surface area contributed by atoms with Crippen LogP contribution < -0.4 is 10.2 Å². The molecule has 1 heterocycles. The van der Waals surface area contributed by atoms with Crippen molar-refractivity contribution < 1.29 is 22.5 Å². The van der Waals surface area contributed by atoms with Gasteiger partial charge in [0.15, 0.2) is 6.04 Å². The molecule has 1 aliphatic rings. The van der Waals surface area contributed by atoms with Crippen LogP contribution >= 0.6 is 0 Å². The lowest BCUT2D eigenvalue weighted by Gasteiger charge is -2.34. The summed E-state index contributed by atoms with van der Waals surface area (Å²) in [5.74, 6) is -0.551. The first-order valence-corrected chi connectivity index (χ1v) is 11.1. The van der Waals surface area contributed by atoms with Gasteiger partial charge < -0.3 is 10.2 Å². The third kappa shape index (κ3) is 4.83. The van der Waals surface area contributed by atoms with Gasteiger partial charge in [-0.25, -0.2) is 12.8 Å². The maximum absolute atomic E-state index is 13.1. The zero-order valence-electron chi connectivity index (χ0n) is 16.9. The van der Waals surface area contributed by atoms with Gasteiger partial charge in [0.1, 0.15) is 5.82 Å². The zero-order chi connectivity index (χ0) is 21.2. The van der Waals surface area contributed by atoms with Crippen LogP contribution in [0, 0.1) is 19.7 Å². The second-order valence-electron chi connectivity index (χ2n) is 7.55. The van der Waals surface area contributed by atoms with E-state index in [-0.39, 0.29) is 16.8 Å². The van der Waals surface area contributed by atoms with Crippen LogP contribution in [-0.4, -0.2) is 50.9 Å². The summed E-state index contributed by atoms with van der Waals surface area (Å²) >= 11 is 0. The summed E-state index contributed by atoms with van der Waals surface area (Å²) in [7, 11) is -3.65. The summed E-state index contributed by atoms with van der Waals surface area (Å²) in [5.41, 5.74) is 2.88. The molecule has 0 bridgehead atoms. The summed E-state index contributed by atoms with van der Waals surface area (Å²) in [6.07, 6.45) is 0. The van der Waals surface area contributed by atoms with E-state index in [0.717, 1.165) is 33.8 Å². The van der Waals surface area contributed by atoms with Crippen molar-refractivity contribution in [2.24, 2.45) is 0 Å². The number of piperazine rings is 1. The number of anilines is 1. The Bertz CT molecular complexity index is 985. The Balaban J connectivity index is 1.61. The fraction of sp³-hybridized carbons (Fsp3) is 0.381. The molecule has 1 atom stereocenters. The number of hydrogen-bond acceptors (Lipinski definition) is 3. The molecule has 1 fully saturated rings. The highest BCUT2D eigenvalue weighted by molar-refractivity contribution is 7.89. The van der Waals surface area contributed by atoms with E-state index in [1.165, 1.54) is 16.4 Å². The molecule has 2 N–H and O–H groups in total. The fourth-order valence-electron chi connectivity index (χ4n) is 3.50. The predicted molar refractivity (Wildman–Crippen MR) is 110 cm³/mol. The monoisotopic (exact) mass is 420 g/mol. The second-order valence-corrected chi connectivity index (χ2v) is 9.48. The minimum absolute atomic E-state index is 0.0801. The predicted octanol–water partition coefficient (Wildman–Crippen LogP) is 1.36. The average Bonchev–Trinajstić information content (AvgIpc) is 2.70. The van der Waals surface area contributed by atoms with Crippen LogP contribution in [0.25, 0.3) is 0 Å². The molecule has 8 heteroatoms. The Morgan fingerprint density at radius 1 is 1.10 bits per heavy atom. The number of hydrogen-bond donors (Lipinski definition) is 2. The van der Waals surface area contributed by atoms with Crippen LogP contribution in [-0.2, 0) is 14.8 Å². The molecule has 6 nitrogen and oxygen atoms in total. The summed E-state index contributed by atoms with van der Waals surface area (Å²) in [6.45, 7) is 7.48. The van der Waals surface area contributed by atoms with Gasteiger partial charge in [0.25, 0.3) is 5.91 Å². The van der Waals surface area contributed by atoms with Gasteiger partial charge in [0, 0.05) is 5.69 Å². The Kier molecular flexibility index (Phi) is 6.36. The molecule has 0 spiro atoms. The SMILES string of the molecule is Cc1ccc(C)c(NC(=O)[C@H](C)[NH+]2CCN(S(=O)(=O)c3ccc(F)cc3)CC2)c1. The van der Waals surface area contributed by atoms with Crippen molar-refractivity contribution in [1.29, 1.82) is 0 Å². The summed E-state index contributed by atoms with van der Waals surface area (Å²) in [6, 6.07) is 10.5. The van der Waals surface area contributed by atoms with Gasteiger partial charge in [0.2, 0.25) is 10.0 Å². The number of rotatable bonds is 5. The molecule has 156 valence electrons. The van der Waals surface area contributed by atoms with Crippen molar-refractivity contribution in [3.05, 3.63) is 59.4 Å². The number of aryl methyl sites for hydroxylation is 2. The fourth-order valence-corrected chi connectivity index (χ4v) is 4.94. The van der Waals surface area contributed by atoms with Gasteiger partial charge in [-0.1, -0.05) is 12.1 Å². The van der Waals surface area contributed by atoms with E-state index < -0.39 is 15.8 Å². The number of sulfonamides is 1. The number of benzene rings is 2. The van der Waals surface area contributed by atoms with Crippen LogP contribution in [0.3, 0.4) is 0 Å². The average molecular weight is 421 g/mol. The molecule has 1 aliphatic heterocycles. The van der Waals surface area contributed by atoms with Gasteiger partial charge in [-0.2, -0.15) is 4.31 Å². The number of carbonyl (C=O) groups is 1. The topological polar surface area (TPSA) is 70.9 Å². The highest BCUT2D eigenvalue weighted by Gasteiger charge is 2.34. The first-order chi connectivity index (χ1) is 13.7. The molecule has 2 aromatic carbocycles. The summed E-state index contributed by atoms with van der Waals surface area (Å²) in [5, 5.41) is 2.99. The molecule has 2 aromatic rings. The number of quaternary nitrogens is 1. The molecular formula is C21H27FN3O3S+. The molecule has 0 aromatic heterocycles. The van der Waals surface area contributed by atoms with Gasteiger partial charge in [-0.15, -0.1) is 0 Å². The van der Waals surface area contributed by atoms with Crippen molar-refractivity contribution in [3.8, 4) is 0 Å². The van der Waals surface area contributed by atoms with Gasteiger partial charge in [-0.3, -0.25) is 4.79 Å². The van der Waals surface area contributed by atoms with Crippen molar-refractivity contribution in [2.75, 3.05) is 31.5 Å². The molecule has 1 amide bonds. The van der Waals surface area contributed by atoms with Crippen LogP contribution in [0.2, 0.25) is 0 Å². The normalized spacial score (nSPS) is 17.1. The third-order valence-corrected chi connectivity index (χ3v) is 7.39. The van der Waals surface area contributed by atoms with Gasteiger partial charge in [-0.05, 0) is 62.2 Å². The van der Waals surface area contributed by atoms with E-state index in [4.69, 9.17) is 0 Å². The highest BCUT2D eigenvalue weighted by atomic mass is 32.2. The Labute approximate surface area is 171 Å². The maximum atomic E-state index is 13.1. The number of halogens is 1.